The highest BCUT2D eigenvalue weighted by atomic mass is 15.1. The fourth-order valence-corrected chi connectivity index (χ4v) is 9.71. The number of para-hydroxylation sites is 1. The van der Waals surface area contributed by atoms with E-state index in [9.17, 15) is 0 Å². The Bertz CT molecular complexity index is 3130. The molecule has 0 amide bonds. The van der Waals surface area contributed by atoms with Crippen molar-refractivity contribution >= 4 is 38.6 Å². The highest BCUT2D eigenvalue weighted by Crippen LogP contribution is 2.54. The molecule has 0 aromatic heterocycles. The summed E-state index contributed by atoms with van der Waals surface area (Å²) in [5.41, 5.74) is 17.0. The van der Waals surface area contributed by atoms with Crippen LogP contribution in [0.1, 0.15) is 23.6 Å². The van der Waals surface area contributed by atoms with Crippen molar-refractivity contribution in [3.8, 4) is 44.5 Å². The van der Waals surface area contributed by atoms with Gasteiger partial charge in [-0.15, -0.1) is 0 Å². The minimum Gasteiger partial charge on any atom is -0.310 e. The maximum absolute atomic E-state index is 2.42. The molecule has 10 aromatic rings. The second kappa shape index (κ2) is 14.2. The van der Waals surface area contributed by atoms with Crippen LogP contribution in [-0.4, -0.2) is 0 Å². The average molecular weight is 752 g/mol. The second-order valence-electron chi connectivity index (χ2n) is 15.8. The molecule has 0 saturated heterocycles. The summed E-state index contributed by atoms with van der Waals surface area (Å²) in [6, 6.07) is 84.4. The molecule has 0 spiro atoms. The van der Waals surface area contributed by atoms with Crippen LogP contribution in [0.3, 0.4) is 0 Å². The Morgan fingerprint density at radius 2 is 0.797 bits per heavy atom. The maximum atomic E-state index is 2.42. The van der Waals surface area contributed by atoms with Crippen molar-refractivity contribution in [2.75, 3.05) is 4.90 Å². The first kappa shape index (κ1) is 34.7. The summed E-state index contributed by atoms with van der Waals surface area (Å²) in [6.07, 6.45) is 0. The molecule has 0 aliphatic heterocycles. The SMILES string of the molecule is CC1(c2ccccc2)c2ccccc2-c2ccc(N(c3ccccc3)c3ccc(-c4ccc5c(c4)c(-c4ccccc4)c(-c4ccccc4)c4ccccc45)cc3)cc21. The minimum absolute atomic E-state index is 0.282. The van der Waals surface area contributed by atoms with Crippen LogP contribution >= 0.6 is 0 Å². The van der Waals surface area contributed by atoms with E-state index in [0.29, 0.717) is 0 Å². The second-order valence-corrected chi connectivity index (χ2v) is 15.8. The van der Waals surface area contributed by atoms with E-state index in [4.69, 9.17) is 0 Å². The van der Waals surface area contributed by atoms with Crippen LogP contribution in [0.15, 0.2) is 231 Å². The first-order chi connectivity index (χ1) is 29.2. The smallest absolute Gasteiger partial charge is 0.0465 e. The third-order valence-corrected chi connectivity index (χ3v) is 12.5. The minimum atomic E-state index is -0.282. The van der Waals surface area contributed by atoms with Crippen LogP contribution in [0.4, 0.5) is 17.1 Å². The Kier molecular flexibility index (Phi) is 8.34. The highest BCUT2D eigenvalue weighted by molar-refractivity contribution is 6.22. The van der Waals surface area contributed by atoms with Crippen LogP contribution in [0.2, 0.25) is 0 Å². The van der Waals surface area contributed by atoms with Gasteiger partial charge in [0, 0.05) is 22.5 Å². The maximum Gasteiger partial charge on any atom is 0.0465 e. The summed E-state index contributed by atoms with van der Waals surface area (Å²) in [6.45, 7) is 2.39. The third-order valence-electron chi connectivity index (χ3n) is 12.5. The highest BCUT2D eigenvalue weighted by Gasteiger charge is 2.41. The van der Waals surface area contributed by atoms with Gasteiger partial charge in [-0.05, 0) is 132 Å². The molecule has 11 rings (SSSR count). The number of nitrogens with zero attached hydrogens (tertiary/aromatic N) is 1. The summed E-state index contributed by atoms with van der Waals surface area (Å²) in [7, 11) is 0. The molecule has 10 aromatic carbocycles. The van der Waals surface area contributed by atoms with Crippen LogP contribution in [0.25, 0.3) is 66.1 Å². The lowest BCUT2D eigenvalue weighted by Gasteiger charge is -2.31. The number of rotatable bonds is 7. The topological polar surface area (TPSA) is 3.24 Å². The predicted molar refractivity (Wildman–Crippen MR) is 250 cm³/mol. The van der Waals surface area contributed by atoms with E-state index in [2.05, 4.69) is 242 Å². The van der Waals surface area contributed by atoms with Crippen molar-refractivity contribution in [2.24, 2.45) is 0 Å². The summed E-state index contributed by atoms with van der Waals surface area (Å²) >= 11 is 0. The third kappa shape index (κ3) is 5.69. The number of fused-ring (bicyclic) bond motifs is 6. The zero-order valence-corrected chi connectivity index (χ0v) is 32.9. The summed E-state index contributed by atoms with van der Waals surface area (Å²) in [5, 5.41) is 5.04. The molecule has 1 aliphatic carbocycles. The molecule has 0 fully saturated rings. The predicted octanol–water partition coefficient (Wildman–Crippen LogP) is 15.8. The molecule has 0 radical (unpaired) electrons. The Hall–Kier alpha value is -7.48. The average Bonchev–Trinajstić information content (AvgIpc) is 3.57. The molecular formula is C58H41N. The van der Waals surface area contributed by atoms with Gasteiger partial charge in [0.15, 0.2) is 0 Å². The monoisotopic (exact) mass is 751 g/mol. The molecule has 0 heterocycles. The first-order valence-electron chi connectivity index (χ1n) is 20.5. The molecule has 1 unspecified atom stereocenters. The van der Waals surface area contributed by atoms with E-state index >= 15 is 0 Å². The van der Waals surface area contributed by atoms with Crippen LogP contribution < -0.4 is 4.90 Å². The van der Waals surface area contributed by atoms with E-state index in [1.165, 1.54) is 82.7 Å². The van der Waals surface area contributed by atoms with Crippen molar-refractivity contribution in [2.45, 2.75) is 12.3 Å². The Labute approximate surface area is 346 Å². The van der Waals surface area contributed by atoms with Gasteiger partial charge in [-0.1, -0.05) is 188 Å². The molecule has 0 bridgehead atoms. The van der Waals surface area contributed by atoms with E-state index in [0.717, 1.165) is 17.1 Å². The molecular weight excluding hydrogens is 711 g/mol. The summed E-state index contributed by atoms with van der Waals surface area (Å²) < 4.78 is 0. The molecule has 1 atom stereocenters. The summed E-state index contributed by atoms with van der Waals surface area (Å²) in [4.78, 5) is 2.39. The molecule has 1 aliphatic rings. The molecule has 0 saturated carbocycles. The fraction of sp³-hybridized carbons (Fsp3) is 0.0345. The zero-order chi connectivity index (χ0) is 39.3. The first-order valence-corrected chi connectivity index (χ1v) is 20.5. The Morgan fingerprint density at radius 1 is 0.305 bits per heavy atom. The van der Waals surface area contributed by atoms with Crippen LogP contribution in [0, 0.1) is 0 Å². The van der Waals surface area contributed by atoms with Gasteiger partial charge in [0.2, 0.25) is 0 Å². The van der Waals surface area contributed by atoms with Gasteiger partial charge in [0.25, 0.3) is 0 Å². The van der Waals surface area contributed by atoms with Crippen molar-refractivity contribution in [1.82, 2.24) is 0 Å². The molecule has 278 valence electrons. The van der Waals surface area contributed by atoms with Gasteiger partial charge >= 0.3 is 0 Å². The van der Waals surface area contributed by atoms with Gasteiger partial charge in [0.1, 0.15) is 0 Å². The molecule has 59 heavy (non-hydrogen) atoms. The van der Waals surface area contributed by atoms with E-state index in [-0.39, 0.29) is 5.41 Å². The lowest BCUT2D eigenvalue weighted by molar-refractivity contribution is 0.714. The molecule has 1 heteroatoms. The Balaban J connectivity index is 1.05. The van der Waals surface area contributed by atoms with Crippen LogP contribution in [0.5, 0.6) is 0 Å². The zero-order valence-electron chi connectivity index (χ0n) is 32.9. The van der Waals surface area contributed by atoms with Gasteiger partial charge in [-0.3, -0.25) is 0 Å². The van der Waals surface area contributed by atoms with E-state index < -0.39 is 0 Å². The Morgan fingerprint density at radius 3 is 1.49 bits per heavy atom. The quantitative estimate of drug-likeness (QED) is 0.147. The van der Waals surface area contributed by atoms with Gasteiger partial charge in [-0.2, -0.15) is 0 Å². The number of hydrogen-bond acceptors (Lipinski definition) is 1. The lowest BCUT2D eigenvalue weighted by Crippen LogP contribution is -2.22. The number of hydrogen-bond donors (Lipinski definition) is 0. The normalized spacial score (nSPS) is 14.3. The standard InChI is InChI=1S/C58H41N/c1-58(44-22-10-4-11-23-44)54-29-17-16-27-50(54)51-37-35-47(39-55(51)58)59(45-24-12-5-13-25-45)46-33-30-40(31-34-46)43-32-36-49-48-26-14-15-28-52(48)56(41-18-6-2-7-19-41)57(53(49)38-43)42-20-8-3-9-21-42/h2-39H,1H3. The summed E-state index contributed by atoms with van der Waals surface area (Å²) in [5.74, 6) is 0. The fourth-order valence-electron chi connectivity index (χ4n) is 9.71. The van der Waals surface area contributed by atoms with Crippen molar-refractivity contribution < 1.29 is 0 Å². The van der Waals surface area contributed by atoms with Crippen molar-refractivity contribution in [3.63, 3.8) is 0 Å². The van der Waals surface area contributed by atoms with Gasteiger partial charge < -0.3 is 4.90 Å². The number of benzene rings is 10. The molecule has 0 N–H and O–H groups in total. The van der Waals surface area contributed by atoms with Crippen molar-refractivity contribution in [3.05, 3.63) is 247 Å². The molecule has 1 nitrogen and oxygen atoms in total. The largest absolute Gasteiger partial charge is 0.310 e. The van der Waals surface area contributed by atoms with Crippen molar-refractivity contribution in [1.29, 1.82) is 0 Å². The van der Waals surface area contributed by atoms with E-state index in [1.54, 1.807) is 0 Å². The van der Waals surface area contributed by atoms with Gasteiger partial charge in [0.05, 0.1) is 0 Å². The van der Waals surface area contributed by atoms with E-state index in [1.807, 2.05) is 0 Å². The number of anilines is 3. The lowest BCUT2D eigenvalue weighted by atomic mass is 9.74. The van der Waals surface area contributed by atoms with Crippen LogP contribution in [-0.2, 0) is 5.41 Å². The van der Waals surface area contributed by atoms with Gasteiger partial charge in [-0.25, -0.2) is 0 Å².